The Morgan fingerprint density at radius 3 is 2.55 bits per heavy atom. The molecule has 0 spiro atoms. The minimum absolute atomic E-state index is 0.166. The average Bonchev–Trinajstić information content (AvgIpc) is 2.53. The predicted octanol–water partition coefficient (Wildman–Crippen LogP) is 0.819. The van der Waals surface area contributed by atoms with Crippen molar-refractivity contribution in [1.29, 1.82) is 0 Å². The molecule has 0 aliphatic rings. The van der Waals surface area contributed by atoms with Gasteiger partial charge in [0.25, 0.3) is 5.91 Å². The second kappa shape index (κ2) is 6.58. The average molecular weight is 272 g/mol. The van der Waals surface area contributed by atoms with Crippen LogP contribution in [0.4, 0.5) is 5.82 Å². The Morgan fingerprint density at radius 1 is 1.25 bits per heavy atom. The number of carbonyl (C=O) groups is 1. The van der Waals surface area contributed by atoms with E-state index in [1.807, 2.05) is 19.1 Å². The van der Waals surface area contributed by atoms with E-state index in [0.29, 0.717) is 24.6 Å². The highest BCUT2D eigenvalue weighted by molar-refractivity contribution is 5.92. The lowest BCUT2D eigenvalue weighted by atomic mass is 10.2. The summed E-state index contributed by atoms with van der Waals surface area (Å²) in [6.07, 6.45) is 3.41. The number of nitrogens with one attached hydrogen (secondary N) is 1. The standard InChI is InChI=1S/C13H16N6O/c1-2-19(9-10-5-7-15-8-6-10)13(20)11-3-4-12(16-14)18-17-11/h3-8H,2,9,14H2,1H3,(H,16,18). The molecule has 0 saturated carbocycles. The maximum Gasteiger partial charge on any atom is 0.274 e. The van der Waals surface area contributed by atoms with Crippen LogP contribution < -0.4 is 11.3 Å². The fourth-order valence-electron chi connectivity index (χ4n) is 1.72. The first-order valence-electron chi connectivity index (χ1n) is 6.23. The number of hydrazine groups is 1. The Hall–Kier alpha value is -2.54. The van der Waals surface area contributed by atoms with Crippen LogP contribution in [0.2, 0.25) is 0 Å². The SMILES string of the molecule is CCN(Cc1ccncc1)C(=O)c1ccc(NN)nn1. The number of nitrogens with zero attached hydrogens (tertiary/aromatic N) is 4. The van der Waals surface area contributed by atoms with Gasteiger partial charge in [-0.15, -0.1) is 10.2 Å². The zero-order valence-electron chi connectivity index (χ0n) is 11.2. The number of aromatic nitrogens is 3. The smallest absolute Gasteiger partial charge is 0.274 e. The zero-order chi connectivity index (χ0) is 14.4. The van der Waals surface area contributed by atoms with Gasteiger partial charge in [0.05, 0.1) is 0 Å². The molecule has 7 heteroatoms. The summed E-state index contributed by atoms with van der Waals surface area (Å²) >= 11 is 0. The number of hydrogen-bond acceptors (Lipinski definition) is 6. The number of carbonyl (C=O) groups excluding carboxylic acids is 1. The molecule has 0 unspecified atom stereocenters. The van der Waals surface area contributed by atoms with Crippen molar-refractivity contribution in [3.8, 4) is 0 Å². The van der Waals surface area contributed by atoms with Crippen LogP contribution in [-0.4, -0.2) is 32.5 Å². The van der Waals surface area contributed by atoms with E-state index in [4.69, 9.17) is 5.84 Å². The fourth-order valence-corrected chi connectivity index (χ4v) is 1.72. The number of rotatable bonds is 5. The molecular formula is C13H16N6O. The van der Waals surface area contributed by atoms with Crippen molar-refractivity contribution in [2.24, 2.45) is 5.84 Å². The Morgan fingerprint density at radius 2 is 2.00 bits per heavy atom. The van der Waals surface area contributed by atoms with Crippen molar-refractivity contribution in [2.75, 3.05) is 12.0 Å². The minimum Gasteiger partial charge on any atom is -0.333 e. The molecule has 104 valence electrons. The van der Waals surface area contributed by atoms with E-state index in [1.54, 1.807) is 29.4 Å². The Balaban J connectivity index is 2.12. The summed E-state index contributed by atoms with van der Waals surface area (Å²) in [5.74, 6) is 5.46. The van der Waals surface area contributed by atoms with Crippen LogP contribution in [0.15, 0.2) is 36.7 Å². The topological polar surface area (TPSA) is 97.0 Å². The Kier molecular flexibility index (Phi) is 4.56. The van der Waals surface area contributed by atoms with Crippen molar-refractivity contribution in [1.82, 2.24) is 20.1 Å². The van der Waals surface area contributed by atoms with Crippen molar-refractivity contribution in [3.05, 3.63) is 47.9 Å². The van der Waals surface area contributed by atoms with Gasteiger partial charge in [-0.3, -0.25) is 9.78 Å². The fraction of sp³-hybridized carbons (Fsp3) is 0.231. The van der Waals surface area contributed by atoms with Crippen molar-refractivity contribution >= 4 is 11.7 Å². The number of nitrogen functional groups attached to an aromatic ring is 1. The van der Waals surface area contributed by atoms with Gasteiger partial charge < -0.3 is 10.3 Å². The van der Waals surface area contributed by atoms with Crippen LogP contribution >= 0.6 is 0 Å². The van der Waals surface area contributed by atoms with Gasteiger partial charge in [0, 0.05) is 25.5 Å². The quantitative estimate of drug-likeness (QED) is 0.618. The lowest BCUT2D eigenvalue weighted by Crippen LogP contribution is -2.31. The molecule has 0 bridgehead atoms. The molecule has 0 fully saturated rings. The van der Waals surface area contributed by atoms with Crippen LogP contribution in [0, 0.1) is 0 Å². The van der Waals surface area contributed by atoms with Gasteiger partial charge in [0.1, 0.15) is 0 Å². The maximum atomic E-state index is 12.3. The van der Waals surface area contributed by atoms with E-state index in [9.17, 15) is 4.79 Å². The molecule has 2 rings (SSSR count). The molecule has 0 aliphatic carbocycles. The summed E-state index contributed by atoms with van der Waals surface area (Å²) in [4.78, 5) is 18.0. The molecule has 0 atom stereocenters. The monoisotopic (exact) mass is 272 g/mol. The second-order valence-electron chi connectivity index (χ2n) is 4.12. The van der Waals surface area contributed by atoms with Crippen LogP contribution in [0.1, 0.15) is 23.0 Å². The lowest BCUT2D eigenvalue weighted by molar-refractivity contribution is 0.0745. The van der Waals surface area contributed by atoms with Gasteiger partial charge in [0.2, 0.25) is 0 Å². The van der Waals surface area contributed by atoms with E-state index in [2.05, 4.69) is 20.6 Å². The second-order valence-corrected chi connectivity index (χ2v) is 4.12. The predicted molar refractivity (Wildman–Crippen MR) is 74.5 cm³/mol. The molecule has 0 aliphatic heterocycles. The number of pyridine rings is 1. The maximum absolute atomic E-state index is 12.3. The van der Waals surface area contributed by atoms with Crippen molar-refractivity contribution in [3.63, 3.8) is 0 Å². The molecule has 2 aromatic heterocycles. The minimum atomic E-state index is -0.166. The van der Waals surface area contributed by atoms with E-state index in [-0.39, 0.29) is 5.91 Å². The summed E-state index contributed by atoms with van der Waals surface area (Å²) < 4.78 is 0. The van der Waals surface area contributed by atoms with Gasteiger partial charge in [-0.1, -0.05) is 0 Å². The third-order valence-electron chi connectivity index (χ3n) is 2.82. The third-order valence-corrected chi connectivity index (χ3v) is 2.82. The highest BCUT2D eigenvalue weighted by Crippen LogP contribution is 2.08. The number of amides is 1. The molecule has 20 heavy (non-hydrogen) atoms. The third kappa shape index (κ3) is 3.27. The normalized spacial score (nSPS) is 10.1. The molecule has 0 radical (unpaired) electrons. The molecule has 3 N–H and O–H groups in total. The van der Waals surface area contributed by atoms with Gasteiger partial charge in [0.15, 0.2) is 11.5 Å². The highest BCUT2D eigenvalue weighted by atomic mass is 16.2. The van der Waals surface area contributed by atoms with Gasteiger partial charge >= 0.3 is 0 Å². The van der Waals surface area contributed by atoms with E-state index >= 15 is 0 Å². The first kappa shape index (κ1) is 13.9. The summed E-state index contributed by atoms with van der Waals surface area (Å²) in [7, 11) is 0. The van der Waals surface area contributed by atoms with E-state index in [1.165, 1.54) is 0 Å². The molecule has 7 nitrogen and oxygen atoms in total. The van der Waals surface area contributed by atoms with Crippen molar-refractivity contribution in [2.45, 2.75) is 13.5 Å². The zero-order valence-corrected chi connectivity index (χ0v) is 11.2. The Bertz CT molecular complexity index is 557. The summed E-state index contributed by atoms with van der Waals surface area (Å²) in [5, 5.41) is 7.66. The Labute approximate surface area is 116 Å². The largest absolute Gasteiger partial charge is 0.333 e. The number of hydrogen-bond donors (Lipinski definition) is 2. The molecule has 2 heterocycles. The van der Waals surface area contributed by atoms with Crippen LogP contribution in [0.3, 0.4) is 0 Å². The van der Waals surface area contributed by atoms with E-state index < -0.39 is 0 Å². The van der Waals surface area contributed by atoms with E-state index in [0.717, 1.165) is 5.56 Å². The lowest BCUT2D eigenvalue weighted by Gasteiger charge is -2.20. The number of nitrogens with two attached hydrogens (primary N) is 1. The molecule has 1 amide bonds. The van der Waals surface area contributed by atoms with Crippen LogP contribution in [-0.2, 0) is 6.54 Å². The van der Waals surface area contributed by atoms with Crippen LogP contribution in [0.25, 0.3) is 0 Å². The molecule has 0 aromatic carbocycles. The van der Waals surface area contributed by atoms with Gasteiger partial charge in [-0.25, -0.2) is 5.84 Å². The summed E-state index contributed by atoms with van der Waals surface area (Å²) in [5.41, 5.74) is 3.68. The van der Waals surface area contributed by atoms with Crippen molar-refractivity contribution < 1.29 is 4.79 Å². The molecular weight excluding hydrogens is 256 g/mol. The van der Waals surface area contributed by atoms with Gasteiger partial charge in [-0.05, 0) is 36.8 Å². The molecule has 2 aromatic rings. The summed E-state index contributed by atoms with van der Waals surface area (Å²) in [6, 6.07) is 6.96. The summed E-state index contributed by atoms with van der Waals surface area (Å²) in [6.45, 7) is 3.01. The van der Waals surface area contributed by atoms with Gasteiger partial charge in [-0.2, -0.15) is 0 Å². The van der Waals surface area contributed by atoms with Crippen LogP contribution in [0.5, 0.6) is 0 Å². The first-order valence-corrected chi connectivity index (χ1v) is 6.23. The first-order chi connectivity index (χ1) is 9.74. The number of anilines is 1. The highest BCUT2D eigenvalue weighted by Gasteiger charge is 2.16. The molecule has 0 saturated heterocycles.